The van der Waals surface area contributed by atoms with Crippen LogP contribution in [0, 0.1) is 0 Å². The van der Waals surface area contributed by atoms with Gasteiger partial charge >= 0.3 is 11.9 Å². The third-order valence-electron chi connectivity index (χ3n) is 4.01. The van der Waals surface area contributed by atoms with Crippen molar-refractivity contribution in [2.24, 2.45) is 0 Å². The second-order valence-corrected chi connectivity index (χ2v) is 5.97. The number of aliphatic carboxylic acids is 2. The molecular weight excluding hydrogens is 334 g/mol. The quantitative estimate of drug-likeness (QED) is 0.802. The Labute approximate surface area is 152 Å². The standard InChI is InChI=1S/C17H21N3.C2H2O4/c1-2-6-16(7-3-1)14-19-10-12-20(13-11-19)15-17-8-4-5-9-18-17;3-1(4)2(5)6/h1-9H,10-15H2;(H,3,4)(H,5,6). The van der Waals surface area contributed by atoms with Crippen LogP contribution in [0.25, 0.3) is 0 Å². The van der Waals surface area contributed by atoms with Crippen LogP contribution in [0.5, 0.6) is 0 Å². The second-order valence-electron chi connectivity index (χ2n) is 5.97. The molecule has 1 aromatic heterocycles. The van der Waals surface area contributed by atoms with Crippen molar-refractivity contribution in [2.75, 3.05) is 26.2 Å². The Hall–Kier alpha value is -2.77. The van der Waals surface area contributed by atoms with Crippen LogP contribution in [0.4, 0.5) is 0 Å². The number of piperazine rings is 1. The van der Waals surface area contributed by atoms with E-state index in [-0.39, 0.29) is 0 Å². The molecule has 0 amide bonds. The topological polar surface area (TPSA) is 94.0 Å². The largest absolute Gasteiger partial charge is 0.473 e. The van der Waals surface area contributed by atoms with E-state index in [1.54, 1.807) is 0 Å². The van der Waals surface area contributed by atoms with Crippen LogP contribution in [0.3, 0.4) is 0 Å². The minimum Gasteiger partial charge on any atom is -0.473 e. The van der Waals surface area contributed by atoms with Crippen LogP contribution in [0.15, 0.2) is 54.7 Å². The van der Waals surface area contributed by atoms with Gasteiger partial charge in [0.25, 0.3) is 0 Å². The summed E-state index contributed by atoms with van der Waals surface area (Å²) in [5.41, 5.74) is 2.58. The number of hydrogen-bond acceptors (Lipinski definition) is 5. The lowest BCUT2D eigenvalue weighted by Crippen LogP contribution is -2.45. The van der Waals surface area contributed by atoms with Crippen molar-refractivity contribution in [2.45, 2.75) is 13.1 Å². The van der Waals surface area contributed by atoms with Gasteiger partial charge < -0.3 is 10.2 Å². The molecule has 1 aromatic carbocycles. The minimum atomic E-state index is -1.82. The predicted molar refractivity (Wildman–Crippen MR) is 96.5 cm³/mol. The molecule has 1 saturated heterocycles. The van der Waals surface area contributed by atoms with Crippen molar-refractivity contribution in [3.05, 3.63) is 66.0 Å². The molecule has 7 heteroatoms. The zero-order chi connectivity index (χ0) is 18.8. The minimum absolute atomic E-state index is 0.972. The number of nitrogens with zero attached hydrogens (tertiary/aromatic N) is 3. The Morgan fingerprint density at radius 2 is 1.35 bits per heavy atom. The Balaban J connectivity index is 0.000000352. The van der Waals surface area contributed by atoms with Gasteiger partial charge in [0, 0.05) is 45.5 Å². The van der Waals surface area contributed by atoms with Gasteiger partial charge in [-0.15, -0.1) is 0 Å². The van der Waals surface area contributed by atoms with Crippen molar-refractivity contribution in [1.82, 2.24) is 14.8 Å². The SMILES string of the molecule is O=C(O)C(=O)O.c1ccc(CN2CCN(Cc3ccccn3)CC2)cc1. The monoisotopic (exact) mass is 357 g/mol. The lowest BCUT2D eigenvalue weighted by Gasteiger charge is -2.34. The van der Waals surface area contributed by atoms with E-state index in [0.29, 0.717) is 0 Å². The fourth-order valence-corrected chi connectivity index (χ4v) is 2.67. The molecule has 0 spiro atoms. The van der Waals surface area contributed by atoms with E-state index in [1.807, 2.05) is 12.3 Å². The number of hydrogen-bond donors (Lipinski definition) is 2. The van der Waals surface area contributed by atoms with Gasteiger partial charge in [-0.3, -0.25) is 14.8 Å². The Morgan fingerprint density at radius 3 is 1.85 bits per heavy atom. The fourth-order valence-electron chi connectivity index (χ4n) is 2.67. The summed E-state index contributed by atoms with van der Waals surface area (Å²) < 4.78 is 0. The van der Waals surface area contributed by atoms with Gasteiger partial charge in [-0.25, -0.2) is 9.59 Å². The van der Waals surface area contributed by atoms with Crippen molar-refractivity contribution in [3.8, 4) is 0 Å². The van der Waals surface area contributed by atoms with Crippen molar-refractivity contribution < 1.29 is 19.8 Å². The number of carboxylic acid groups (broad SMARTS) is 2. The molecule has 7 nitrogen and oxygen atoms in total. The first-order chi connectivity index (χ1) is 12.5. The highest BCUT2D eigenvalue weighted by molar-refractivity contribution is 6.27. The van der Waals surface area contributed by atoms with Gasteiger partial charge in [0.2, 0.25) is 0 Å². The van der Waals surface area contributed by atoms with E-state index in [2.05, 4.69) is 57.2 Å². The molecule has 0 bridgehead atoms. The molecule has 3 rings (SSSR count). The summed E-state index contributed by atoms with van der Waals surface area (Å²) in [6, 6.07) is 16.9. The molecule has 1 aliphatic rings. The third kappa shape index (κ3) is 7.00. The lowest BCUT2D eigenvalue weighted by molar-refractivity contribution is -0.159. The van der Waals surface area contributed by atoms with Crippen molar-refractivity contribution in [3.63, 3.8) is 0 Å². The van der Waals surface area contributed by atoms with Crippen LogP contribution in [-0.4, -0.2) is 63.1 Å². The van der Waals surface area contributed by atoms with E-state index in [0.717, 1.165) is 39.3 Å². The van der Waals surface area contributed by atoms with Crippen LogP contribution >= 0.6 is 0 Å². The molecule has 2 heterocycles. The molecule has 2 N–H and O–H groups in total. The predicted octanol–water partition coefficient (Wildman–Crippen LogP) is 1.55. The summed E-state index contributed by atoms with van der Waals surface area (Å²) in [6.07, 6.45) is 1.88. The summed E-state index contributed by atoms with van der Waals surface area (Å²) >= 11 is 0. The number of carbonyl (C=O) groups is 2. The molecule has 0 atom stereocenters. The second kappa shape index (κ2) is 10.3. The van der Waals surface area contributed by atoms with E-state index in [1.165, 1.54) is 11.3 Å². The van der Waals surface area contributed by atoms with E-state index >= 15 is 0 Å². The molecule has 0 saturated carbocycles. The molecule has 26 heavy (non-hydrogen) atoms. The number of rotatable bonds is 4. The lowest BCUT2D eigenvalue weighted by atomic mass is 10.2. The third-order valence-corrected chi connectivity index (χ3v) is 4.01. The average Bonchev–Trinajstić information content (AvgIpc) is 2.65. The van der Waals surface area contributed by atoms with Crippen LogP contribution in [-0.2, 0) is 22.7 Å². The van der Waals surface area contributed by atoms with Gasteiger partial charge in [0.1, 0.15) is 0 Å². The highest BCUT2D eigenvalue weighted by Crippen LogP contribution is 2.10. The number of benzene rings is 1. The zero-order valence-electron chi connectivity index (χ0n) is 14.5. The molecule has 0 unspecified atom stereocenters. The summed E-state index contributed by atoms with van der Waals surface area (Å²) in [5, 5.41) is 14.8. The smallest absolute Gasteiger partial charge is 0.414 e. The Kier molecular flexibility index (Phi) is 7.73. The van der Waals surface area contributed by atoms with Crippen molar-refractivity contribution in [1.29, 1.82) is 0 Å². The molecule has 1 aliphatic heterocycles. The summed E-state index contributed by atoms with van der Waals surface area (Å²) in [5.74, 6) is -3.65. The Morgan fingerprint density at radius 1 is 0.808 bits per heavy atom. The summed E-state index contributed by atoms with van der Waals surface area (Å²) in [7, 11) is 0. The van der Waals surface area contributed by atoms with Gasteiger partial charge in [0.15, 0.2) is 0 Å². The first-order valence-electron chi connectivity index (χ1n) is 8.39. The van der Waals surface area contributed by atoms with E-state index in [4.69, 9.17) is 19.8 Å². The fraction of sp³-hybridized carbons (Fsp3) is 0.316. The van der Waals surface area contributed by atoms with Gasteiger partial charge in [-0.2, -0.15) is 0 Å². The molecule has 138 valence electrons. The molecular formula is C19H23N3O4. The Bertz CT molecular complexity index is 625. The maximum atomic E-state index is 9.10. The number of aromatic nitrogens is 1. The maximum Gasteiger partial charge on any atom is 0.414 e. The molecule has 0 radical (unpaired) electrons. The number of carboxylic acids is 2. The number of pyridine rings is 1. The summed E-state index contributed by atoms with van der Waals surface area (Å²) in [4.78, 5) is 27.6. The average molecular weight is 357 g/mol. The van der Waals surface area contributed by atoms with E-state index < -0.39 is 11.9 Å². The van der Waals surface area contributed by atoms with E-state index in [9.17, 15) is 0 Å². The highest BCUT2D eigenvalue weighted by Gasteiger charge is 2.17. The van der Waals surface area contributed by atoms with Gasteiger partial charge in [-0.05, 0) is 17.7 Å². The van der Waals surface area contributed by atoms with Gasteiger partial charge in [0.05, 0.1) is 5.69 Å². The zero-order valence-corrected chi connectivity index (χ0v) is 14.5. The molecule has 2 aromatic rings. The summed E-state index contributed by atoms with van der Waals surface area (Å²) in [6.45, 7) is 6.58. The van der Waals surface area contributed by atoms with Crippen LogP contribution < -0.4 is 0 Å². The maximum absolute atomic E-state index is 9.10. The first kappa shape index (κ1) is 19.6. The highest BCUT2D eigenvalue weighted by atomic mass is 16.4. The van der Waals surface area contributed by atoms with Crippen LogP contribution in [0.2, 0.25) is 0 Å². The first-order valence-corrected chi connectivity index (χ1v) is 8.39. The molecule has 0 aliphatic carbocycles. The normalized spacial score (nSPS) is 14.9. The van der Waals surface area contributed by atoms with Crippen LogP contribution in [0.1, 0.15) is 11.3 Å². The van der Waals surface area contributed by atoms with Gasteiger partial charge in [-0.1, -0.05) is 36.4 Å². The molecule has 1 fully saturated rings. The van der Waals surface area contributed by atoms with Crippen molar-refractivity contribution >= 4 is 11.9 Å².